The summed E-state index contributed by atoms with van der Waals surface area (Å²) in [4.78, 5) is 12.4. The maximum atomic E-state index is 12.4. The second-order valence-electron chi connectivity index (χ2n) is 4.75. The van der Waals surface area contributed by atoms with Crippen LogP contribution in [0.15, 0.2) is 36.1 Å². The molecule has 4 heteroatoms. The van der Waals surface area contributed by atoms with Crippen LogP contribution in [-0.2, 0) is 6.42 Å². The smallest absolute Gasteiger partial charge is 0.172 e. The number of Topliss-reactive ketones (excluding diaryl/α,β-unsaturated/α-hetero) is 1. The number of carbonyl (C=O) groups is 1. The maximum Gasteiger partial charge on any atom is 0.172 e. The molecule has 22 heavy (non-hydrogen) atoms. The fraction of sp³-hybridized carbons (Fsp3) is 0.333. The van der Waals surface area contributed by atoms with Gasteiger partial charge < -0.3 is 9.47 Å². The van der Waals surface area contributed by atoms with E-state index in [2.05, 4.69) is 0 Å². The highest BCUT2D eigenvalue weighted by molar-refractivity contribution is 7.31. The highest BCUT2D eigenvalue weighted by Crippen LogP contribution is 2.31. The molecule has 0 atom stereocenters. The molecule has 2 heterocycles. The molecule has 0 radical (unpaired) electrons. The number of ketones is 1. The van der Waals surface area contributed by atoms with E-state index in [1.807, 2.05) is 56.9 Å². The summed E-state index contributed by atoms with van der Waals surface area (Å²) in [7, 11) is 0.982. The molecule has 0 unspecified atom stereocenters. The van der Waals surface area contributed by atoms with Gasteiger partial charge in [0.05, 0.1) is 0 Å². The van der Waals surface area contributed by atoms with Crippen LogP contribution >= 0.6 is 8.19 Å². The zero-order chi connectivity index (χ0) is 15.9. The van der Waals surface area contributed by atoms with Crippen molar-refractivity contribution in [3.63, 3.8) is 0 Å². The topological polar surface area (TPSA) is 35.5 Å². The monoisotopic (exact) mass is 316 g/mol. The van der Waals surface area contributed by atoms with Crippen LogP contribution in [0.2, 0.25) is 0 Å². The first-order valence-corrected chi connectivity index (χ1v) is 8.54. The van der Waals surface area contributed by atoms with Crippen molar-refractivity contribution in [1.29, 1.82) is 0 Å². The number of benzene rings is 1. The Labute approximate surface area is 133 Å². The summed E-state index contributed by atoms with van der Waals surface area (Å²) in [6.07, 6.45) is 0.401. The molecular weight excluding hydrogens is 295 g/mol. The average molecular weight is 316 g/mol. The predicted octanol–water partition coefficient (Wildman–Crippen LogP) is 4.80. The minimum absolute atomic E-state index is 0.168. The number of rotatable bonds is 3. The summed E-state index contributed by atoms with van der Waals surface area (Å²) in [6.45, 7) is 7.12. The Morgan fingerprint density at radius 2 is 1.86 bits per heavy atom. The molecule has 0 spiro atoms. The lowest BCUT2D eigenvalue weighted by Crippen LogP contribution is -2.15. The summed E-state index contributed by atoms with van der Waals surface area (Å²) < 4.78 is 11.0. The summed E-state index contributed by atoms with van der Waals surface area (Å²) in [5.41, 5.74) is 2.01. The lowest BCUT2D eigenvalue weighted by Gasteiger charge is -2.18. The number of hydrogen-bond acceptors (Lipinski definition) is 3. The second-order valence-corrected chi connectivity index (χ2v) is 5.75. The van der Waals surface area contributed by atoms with Gasteiger partial charge in [0.15, 0.2) is 17.3 Å². The van der Waals surface area contributed by atoms with Gasteiger partial charge in [-0.2, -0.15) is 0 Å². The van der Waals surface area contributed by atoms with Gasteiger partial charge in [-0.25, -0.2) is 0 Å². The van der Waals surface area contributed by atoms with E-state index in [4.69, 9.17) is 9.47 Å². The standard InChI is InChI=1S/C16H15O3P.C2H6/c1-11-3-2-8-20-16(11)13(17)9-12-4-5-14-15(10-12)19-7-6-18-14;1-2/h2-5,8,10H,6-7,9H2,1H3;1-2H3. The third-order valence-electron chi connectivity index (χ3n) is 3.24. The van der Waals surface area contributed by atoms with Crippen LogP contribution in [0.3, 0.4) is 0 Å². The van der Waals surface area contributed by atoms with Gasteiger partial charge in [0.25, 0.3) is 0 Å². The van der Waals surface area contributed by atoms with Crippen molar-refractivity contribution in [1.82, 2.24) is 0 Å². The molecule has 2 aromatic rings. The first-order chi connectivity index (χ1) is 10.7. The van der Waals surface area contributed by atoms with E-state index in [-0.39, 0.29) is 5.78 Å². The largest absolute Gasteiger partial charge is 0.486 e. The summed E-state index contributed by atoms with van der Waals surface area (Å²) >= 11 is 0. The molecular formula is C18H21O3P. The van der Waals surface area contributed by atoms with Crippen LogP contribution < -0.4 is 9.47 Å². The average Bonchev–Trinajstić information content (AvgIpc) is 2.57. The van der Waals surface area contributed by atoms with Crippen molar-refractivity contribution in [2.75, 3.05) is 13.2 Å². The molecule has 3 nitrogen and oxygen atoms in total. The Morgan fingerprint density at radius 1 is 1.14 bits per heavy atom. The molecule has 1 aliphatic heterocycles. The van der Waals surface area contributed by atoms with Crippen LogP contribution in [0.1, 0.15) is 35.1 Å². The van der Waals surface area contributed by atoms with E-state index in [0.29, 0.717) is 19.6 Å². The Balaban J connectivity index is 0.000000847. The number of hydrogen-bond donors (Lipinski definition) is 0. The van der Waals surface area contributed by atoms with Crippen molar-refractivity contribution in [3.05, 3.63) is 52.6 Å². The molecule has 1 aliphatic rings. The SMILES string of the molecule is CC.Cc1cccpc1C(=O)Cc1ccc2c(c1)OCCO2. The highest BCUT2D eigenvalue weighted by Gasteiger charge is 2.14. The third-order valence-corrected chi connectivity index (χ3v) is 4.43. The summed E-state index contributed by atoms with van der Waals surface area (Å²) in [5, 5.41) is 0.877. The van der Waals surface area contributed by atoms with Crippen LogP contribution in [0.25, 0.3) is 0 Å². The fourth-order valence-corrected chi connectivity index (χ4v) is 3.07. The third kappa shape index (κ3) is 3.86. The van der Waals surface area contributed by atoms with Gasteiger partial charge in [-0.3, -0.25) is 4.79 Å². The molecule has 116 valence electrons. The molecule has 1 aromatic heterocycles. The summed E-state index contributed by atoms with van der Waals surface area (Å²) in [5.74, 6) is 3.65. The molecule has 3 rings (SSSR count). The minimum Gasteiger partial charge on any atom is -0.486 e. The summed E-state index contributed by atoms with van der Waals surface area (Å²) in [6, 6.07) is 9.68. The van der Waals surface area contributed by atoms with Gasteiger partial charge >= 0.3 is 0 Å². The Kier molecular flexibility index (Phi) is 5.97. The molecule has 0 N–H and O–H groups in total. The lowest BCUT2D eigenvalue weighted by molar-refractivity contribution is 0.0996. The van der Waals surface area contributed by atoms with Gasteiger partial charge in [-0.1, -0.05) is 40.2 Å². The molecule has 0 aliphatic carbocycles. The van der Waals surface area contributed by atoms with Gasteiger partial charge in [0.1, 0.15) is 13.2 Å². The van der Waals surface area contributed by atoms with Gasteiger partial charge in [0, 0.05) is 11.7 Å². The number of aryl methyl sites for hydroxylation is 1. The zero-order valence-electron chi connectivity index (χ0n) is 13.3. The van der Waals surface area contributed by atoms with Crippen LogP contribution in [0, 0.1) is 6.92 Å². The number of carbonyl (C=O) groups excluding carboxylic acids is 1. The van der Waals surface area contributed by atoms with E-state index in [1.165, 1.54) is 0 Å². The second kappa shape index (κ2) is 7.95. The molecule has 0 fully saturated rings. The molecule has 0 saturated heterocycles. The lowest BCUT2D eigenvalue weighted by atomic mass is 10.1. The van der Waals surface area contributed by atoms with Crippen LogP contribution in [-0.4, -0.2) is 19.0 Å². The van der Waals surface area contributed by atoms with Gasteiger partial charge in [0.2, 0.25) is 0 Å². The van der Waals surface area contributed by atoms with Crippen LogP contribution in [0.5, 0.6) is 11.5 Å². The zero-order valence-corrected chi connectivity index (χ0v) is 14.2. The molecule has 0 bridgehead atoms. The van der Waals surface area contributed by atoms with Crippen molar-refractivity contribution >= 4 is 14.0 Å². The van der Waals surface area contributed by atoms with Crippen molar-refractivity contribution in [2.24, 2.45) is 0 Å². The first-order valence-electron chi connectivity index (χ1n) is 7.57. The maximum absolute atomic E-state index is 12.4. The Morgan fingerprint density at radius 3 is 2.59 bits per heavy atom. The van der Waals surface area contributed by atoms with E-state index >= 15 is 0 Å². The van der Waals surface area contributed by atoms with E-state index in [1.54, 1.807) is 0 Å². The van der Waals surface area contributed by atoms with Gasteiger partial charge in [-0.05, 0) is 36.0 Å². The molecule has 0 amide bonds. The van der Waals surface area contributed by atoms with Crippen molar-refractivity contribution in [3.8, 4) is 11.5 Å². The fourth-order valence-electron chi connectivity index (χ4n) is 2.24. The normalized spacial score (nSPS) is 12.5. The quantitative estimate of drug-likeness (QED) is 0.763. The Hall–Kier alpha value is -1.86. The molecule has 0 saturated carbocycles. The van der Waals surface area contributed by atoms with Crippen LogP contribution in [0.4, 0.5) is 0 Å². The van der Waals surface area contributed by atoms with E-state index < -0.39 is 0 Å². The van der Waals surface area contributed by atoms with E-state index in [9.17, 15) is 4.79 Å². The van der Waals surface area contributed by atoms with Gasteiger partial charge in [-0.15, -0.1) is 0 Å². The predicted molar refractivity (Wildman–Crippen MR) is 90.5 cm³/mol. The Bertz CT molecular complexity index is 653. The van der Waals surface area contributed by atoms with Crippen molar-refractivity contribution < 1.29 is 14.3 Å². The molecule has 1 aromatic carbocycles. The van der Waals surface area contributed by atoms with E-state index in [0.717, 1.165) is 36.1 Å². The number of ether oxygens (including phenoxy) is 2. The number of fused-ring (bicyclic) bond motifs is 1. The van der Waals surface area contributed by atoms with Crippen molar-refractivity contribution in [2.45, 2.75) is 27.2 Å². The highest BCUT2D eigenvalue weighted by atomic mass is 31.0. The minimum atomic E-state index is 0.168. The first kappa shape index (κ1) is 16.5.